The minimum Gasteiger partial charge on any atom is -0.478 e. The highest BCUT2D eigenvalue weighted by Gasteiger charge is 2.63. The molecule has 32 heavy (non-hydrogen) atoms. The van der Waals surface area contributed by atoms with Crippen LogP contribution in [0.5, 0.6) is 0 Å². The molecule has 174 valence electrons. The van der Waals surface area contributed by atoms with E-state index >= 15 is 0 Å². The van der Waals surface area contributed by atoms with Crippen molar-refractivity contribution in [1.29, 1.82) is 0 Å². The highest BCUT2D eigenvalue weighted by Crippen LogP contribution is 2.67. The molecule has 2 fully saturated rings. The summed E-state index contributed by atoms with van der Waals surface area (Å²) in [6.45, 7) is 10.9. The molecule has 0 saturated heterocycles. The number of benzene rings is 1. The summed E-state index contributed by atoms with van der Waals surface area (Å²) < 4.78 is 0. The minimum atomic E-state index is -0.827. The van der Waals surface area contributed by atoms with Gasteiger partial charge in [0.05, 0.1) is 6.10 Å². The van der Waals surface area contributed by atoms with Gasteiger partial charge in [-0.1, -0.05) is 52.0 Å². The highest BCUT2D eigenvalue weighted by molar-refractivity contribution is 5.86. The van der Waals surface area contributed by atoms with E-state index in [1.165, 1.54) is 35.9 Å². The van der Waals surface area contributed by atoms with Crippen molar-refractivity contribution < 1.29 is 15.0 Å². The number of hydrogen-bond acceptors (Lipinski definition) is 2. The second kappa shape index (κ2) is 8.37. The van der Waals surface area contributed by atoms with Crippen LogP contribution in [0.1, 0.15) is 78.0 Å². The van der Waals surface area contributed by atoms with Crippen LogP contribution in [0.25, 0.3) is 10.9 Å². The topological polar surface area (TPSA) is 73.3 Å². The largest absolute Gasteiger partial charge is 0.478 e. The van der Waals surface area contributed by atoms with Gasteiger partial charge in [-0.15, -0.1) is 0 Å². The Morgan fingerprint density at radius 2 is 1.94 bits per heavy atom. The standard InChI is InChI=1S/C22H29NO.C6H10O2/c1-13-17-9-8-14-12-16-15-6-4-5-7-18(15)23-20(16)22(14,3)21(17,2)11-10-19(13)24;1-3-4-5(2)6(7)8/h4-7,13-14,17,19,23-24H,8-12H2,1-3H3;4H,3H2,1-2H3,(H,7,8)/b;5-4+/t13-,14?,17?,19+,21+,22-;/m1./s1. The number of hydrogen-bond donors (Lipinski definition) is 3. The number of aromatic amines is 1. The molecule has 0 radical (unpaired) electrons. The lowest BCUT2D eigenvalue weighted by atomic mass is 9.44. The lowest BCUT2D eigenvalue weighted by Crippen LogP contribution is -2.58. The molecule has 1 aromatic carbocycles. The third-order valence-corrected chi connectivity index (χ3v) is 9.48. The van der Waals surface area contributed by atoms with Gasteiger partial charge in [0.1, 0.15) is 0 Å². The number of nitrogens with one attached hydrogen (secondary N) is 1. The van der Waals surface area contributed by atoms with E-state index in [0.29, 0.717) is 22.8 Å². The van der Waals surface area contributed by atoms with E-state index in [2.05, 4.69) is 50.0 Å². The number of rotatable bonds is 2. The number of carboxylic acids is 1. The van der Waals surface area contributed by atoms with Crippen molar-refractivity contribution in [2.75, 3.05) is 0 Å². The van der Waals surface area contributed by atoms with Crippen molar-refractivity contribution in [3.8, 4) is 0 Å². The number of carbonyl (C=O) groups is 1. The van der Waals surface area contributed by atoms with Gasteiger partial charge in [-0.25, -0.2) is 4.79 Å². The second-order valence-corrected chi connectivity index (χ2v) is 10.8. The predicted octanol–water partition coefficient (Wildman–Crippen LogP) is 6.23. The van der Waals surface area contributed by atoms with Crippen LogP contribution in [-0.2, 0) is 16.6 Å². The van der Waals surface area contributed by atoms with Gasteiger partial charge in [0.2, 0.25) is 0 Å². The molecular formula is C28H39NO3. The molecule has 0 aliphatic heterocycles. The molecule has 2 unspecified atom stereocenters. The molecule has 3 N–H and O–H groups in total. The second-order valence-electron chi connectivity index (χ2n) is 10.8. The molecule has 3 aliphatic rings. The molecule has 1 heterocycles. The summed E-state index contributed by atoms with van der Waals surface area (Å²) in [5, 5.41) is 20.1. The van der Waals surface area contributed by atoms with Crippen molar-refractivity contribution in [2.24, 2.45) is 23.2 Å². The molecule has 0 bridgehead atoms. The van der Waals surface area contributed by atoms with Gasteiger partial charge in [-0.05, 0) is 80.2 Å². The SMILES string of the molecule is CC/C=C(\C)C(=O)O.C[C@@H]1C2CCC3Cc4c([nH]c5ccccc45)[C@]3(C)[C@@]2(C)CC[C@@H]1O. The van der Waals surface area contributed by atoms with Gasteiger partial charge in [0.15, 0.2) is 0 Å². The fraction of sp³-hybridized carbons (Fsp3) is 0.607. The molecule has 0 amide bonds. The Balaban J connectivity index is 0.000000265. The van der Waals surface area contributed by atoms with Crippen molar-refractivity contribution in [2.45, 2.75) is 84.7 Å². The van der Waals surface area contributed by atoms with Crippen LogP contribution in [0, 0.1) is 23.2 Å². The van der Waals surface area contributed by atoms with Crippen LogP contribution < -0.4 is 0 Å². The van der Waals surface area contributed by atoms with Crippen LogP contribution in [-0.4, -0.2) is 27.3 Å². The van der Waals surface area contributed by atoms with Crippen LogP contribution in [0.3, 0.4) is 0 Å². The number of fused-ring (bicyclic) bond motifs is 7. The van der Waals surface area contributed by atoms with Crippen molar-refractivity contribution >= 4 is 16.9 Å². The summed E-state index contributed by atoms with van der Waals surface area (Å²) >= 11 is 0. The van der Waals surface area contributed by atoms with Gasteiger partial charge < -0.3 is 15.2 Å². The summed E-state index contributed by atoms with van der Waals surface area (Å²) in [5.41, 5.74) is 5.34. The van der Waals surface area contributed by atoms with Gasteiger partial charge in [-0.2, -0.15) is 0 Å². The molecule has 0 spiro atoms. The lowest BCUT2D eigenvalue weighted by molar-refractivity contribution is -0.132. The van der Waals surface area contributed by atoms with E-state index in [0.717, 1.165) is 25.2 Å². The number of aliphatic hydroxyl groups excluding tert-OH is 1. The highest BCUT2D eigenvalue weighted by atomic mass is 16.4. The first kappa shape index (κ1) is 23.1. The third-order valence-electron chi connectivity index (χ3n) is 9.48. The smallest absolute Gasteiger partial charge is 0.330 e. The van der Waals surface area contributed by atoms with E-state index in [1.807, 2.05) is 6.92 Å². The number of H-pyrrole nitrogens is 1. The molecule has 2 saturated carbocycles. The van der Waals surface area contributed by atoms with Crippen LogP contribution in [0.2, 0.25) is 0 Å². The zero-order valence-electron chi connectivity index (χ0n) is 20.2. The first-order valence-electron chi connectivity index (χ1n) is 12.3. The van der Waals surface area contributed by atoms with Crippen molar-refractivity contribution in [3.63, 3.8) is 0 Å². The Bertz CT molecular complexity index is 1040. The molecule has 5 rings (SSSR count). The van der Waals surface area contributed by atoms with E-state index in [-0.39, 0.29) is 11.5 Å². The van der Waals surface area contributed by atoms with Gasteiger partial charge in [-0.3, -0.25) is 0 Å². The fourth-order valence-electron chi connectivity index (χ4n) is 7.40. The minimum absolute atomic E-state index is 0.105. The molecular weight excluding hydrogens is 398 g/mol. The zero-order valence-corrected chi connectivity index (χ0v) is 20.2. The van der Waals surface area contributed by atoms with Gasteiger partial charge in [0, 0.05) is 27.6 Å². The Labute approximate surface area is 192 Å². The van der Waals surface area contributed by atoms with Gasteiger partial charge >= 0.3 is 5.97 Å². The summed E-state index contributed by atoms with van der Waals surface area (Å²) in [4.78, 5) is 13.9. The maximum absolute atomic E-state index is 10.5. The fourth-order valence-corrected chi connectivity index (χ4v) is 7.40. The molecule has 2 aromatic rings. The number of carboxylic acid groups (broad SMARTS) is 1. The average Bonchev–Trinajstić information content (AvgIpc) is 3.27. The lowest BCUT2D eigenvalue weighted by Gasteiger charge is -2.61. The first-order chi connectivity index (χ1) is 15.1. The van der Waals surface area contributed by atoms with E-state index in [1.54, 1.807) is 18.6 Å². The van der Waals surface area contributed by atoms with Crippen LogP contribution in [0.4, 0.5) is 0 Å². The maximum atomic E-state index is 10.5. The van der Waals surface area contributed by atoms with E-state index in [9.17, 15) is 9.90 Å². The monoisotopic (exact) mass is 437 g/mol. The zero-order chi connectivity index (χ0) is 23.3. The molecule has 1 aromatic heterocycles. The normalized spacial score (nSPS) is 36.0. The van der Waals surface area contributed by atoms with E-state index < -0.39 is 5.97 Å². The first-order valence-corrected chi connectivity index (χ1v) is 12.3. The third kappa shape index (κ3) is 3.34. The number of aromatic nitrogens is 1. The van der Waals surface area contributed by atoms with Gasteiger partial charge in [0.25, 0.3) is 0 Å². The van der Waals surface area contributed by atoms with E-state index in [4.69, 9.17) is 5.11 Å². The average molecular weight is 438 g/mol. The van der Waals surface area contributed by atoms with Crippen LogP contribution in [0.15, 0.2) is 35.9 Å². The Kier molecular flexibility index (Phi) is 6.04. The number of aliphatic hydroxyl groups is 1. The molecule has 6 atom stereocenters. The number of para-hydroxylation sites is 1. The predicted molar refractivity (Wildman–Crippen MR) is 130 cm³/mol. The number of aliphatic carboxylic acids is 1. The van der Waals surface area contributed by atoms with Crippen LogP contribution >= 0.6 is 0 Å². The Morgan fingerprint density at radius 3 is 2.59 bits per heavy atom. The quantitative estimate of drug-likeness (QED) is 0.487. The Hall–Kier alpha value is -2.07. The van der Waals surface area contributed by atoms with Crippen molar-refractivity contribution in [3.05, 3.63) is 47.2 Å². The summed E-state index contributed by atoms with van der Waals surface area (Å²) in [6, 6.07) is 8.82. The van der Waals surface area contributed by atoms with Crippen molar-refractivity contribution in [1.82, 2.24) is 4.98 Å². The number of allylic oxidation sites excluding steroid dienone is 1. The summed E-state index contributed by atoms with van der Waals surface area (Å²) in [7, 11) is 0. The summed E-state index contributed by atoms with van der Waals surface area (Å²) in [6.07, 6.45) is 8.32. The molecule has 4 nitrogen and oxygen atoms in total. The molecule has 3 aliphatic carbocycles. The maximum Gasteiger partial charge on any atom is 0.330 e. The molecule has 4 heteroatoms. The Morgan fingerprint density at radius 1 is 1.22 bits per heavy atom. The summed E-state index contributed by atoms with van der Waals surface area (Å²) in [5.74, 6) is 0.994.